The molecule has 238 valence electrons. The normalized spacial score (nSPS) is 14.5. The number of aromatic nitrogens is 1. The van der Waals surface area contributed by atoms with Gasteiger partial charge in [-0.3, -0.25) is 9.36 Å². The summed E-state index contributed by atoms with van der Waals surface area (Å²) in [6, 6.07) is 36.8. The number of fused-ring (bicyclic) bond motifs is 2. The number of hydrogen-bond acceptors (Lipinski definition) is 6. The van der Waals surface area contributed by atoms with Crippen LogP contribution in [0.1, 0.15) is 35.2 Å². The molecule has 1 atom stereocenters. The van der Waals surface area contributed by atoms with Gasteiger partial charge in [0.05, 0.1) is 32.0 Å². The second-order valence-corrected chi connectivity index (χ2v) is 14.2. The zero-order valence-corrected chi connectivity index (χ0v) is 30.3. The van der Waals surface area contributed by atoms with Crippen LogP contribution in [0.4, 0.5) is 0 Å². The van der Waals surface area contributed by atoms with Crippen LogP contribution in [-0.2, 0) is 16.1 Å². The summed E-state index contributed by atoms with van der Waals surface area (Å²) >= 11 is 7.19. The molecule has 6 aromatic rings. The van der Waals surface area contributed by atoms with E-state index in [0.717, 1.165) is 41.1 Å². The maximum Gasteiger partial charge on any atom is 0.338 e. The Balaban J connectivity index is 1.39. The number of carbonyl (C=O) groups excluding carboxylic acids is 1. The van der Waals surface area contributed by atoms with Gasteiger partial charge in [0, 0.05) is 15.6 Å². The van der Waals surface area contributed by atoms with Gasteiger partial charge in [-0.2, -0.15) is 0 Å². The van der Waals surface area contributed by atoms with Gasteiger partial charge in [0.15, 0.2) is 4.80 Å². The number of ether oxygens (including phenoxy) is 2. The number of rotatable bonds is 8. The van der Waals surface area contributed by atoms with Crippen molar-refractivity contribution in [2.45, 2.75) is 19.6 Å². The molecule has 2 heterocycles. The molecule has 1 aromatic heterocycles. The van der Waals surface area contributed by atoms with Crippen molar-refractivity contribution in [1.82, 2.24) is 4.57 Å². The summed E-state index contributed by atoms with van der Waals surface area (Å²) in [5.41, 5.74) is 3.94. The molecule has 48 heavy (non-hydrogen) atoms. The van der Waals surface area contributed by atoms with Crippen LogP contribution in [0.3, 0.4) is 0 Å². The van der Waals surface area contributed by atoms with Crippen molar-refractivity contribution in [2.24, 2.45) is 4.99 Å². The van der Waals surface area contributed by atoms with Gasteiger partial charge in [0.1, 0.15) is 12.4 Å². The molecule has 0 fully saturated rings. The SMILES string of the molecule is CCOC(=O)C1=C(c2ccccc2)N=c2s/c(=C\c3cc(Br)cc(I)c3OCc3cccc4ccccc34)c(=O)n2[C@@H]1c1ccccc1. The van der Waals surface area contributed by atoms with E-state index in [4.69, 9.17) is 14.5 Å². The second-order valence-electron chi connectivity index (χ2n) is 11.1. The van der Waals surface area contributed by atoms with Gasteiger partial charge < -0.3 is 9.47 Å². The standard InChI is InChI=1S/C39H28BrIN2O4S/c1-2-46-38(45)33-34(25-13-5-3-6-14-25)42-39-43(35(33)26-15-7-4-8-16-26)37(44)32(48-39)21-28-20-29(40)22-31(41)36(28)47-23-27-18-11-17-24-12-9-10-19-30(24)27/h3-22,35H,2,23H2,1H3/b32-21-/t35-/m1/s1. The molecule has 0 saturated carbocycles. The van der Waals surface area contributed by atoms with Gasteiger partial charge in [-0.15, -0.1) is 0 Å². The van der Waals surface area contributed by atoms with Gasteiger partial charge in [-0.1, -0.05) is 130 Å². The average Bonchev–Trinajstić information content (AvgIpc) is 3.41. The molecule has 0 bridgehead atoms. The van der Waals surface area contributed by atoms with E-state index in [1.54, 1.807) is 11.5 Å². The summed E-state index contributed by atoms with van der Waals surface area (Å²) in [5, 5.41) is 2.28. The minimum Gasteiger partial charge on any atom is -0.487 e. The third kappa shape index (κ3) is 6.29. The Morgan fingerprint density at radius 2 is 1.67 bits per heavy atom. The Labute approximate surface area is 303 Å². The predicted molar refractivity (Wildman–Crippen MR) is 203 cm³/mol. The smallest absolute Gasteiger partial charge is 0.338 e. The van der Waals surface area contributed by atoms with Crippen molar-refractivity contribution in [2.75, 3.05) is 6.61 Å². The first-order valence-corrected chi connectivity index (χ1v) is 18.0. The highest BCUT2D eigenvalue weighted by Crippen LogP contribution is 2.36. The summed E-state index contributed by atoms with van der Waals surface area (Å²) in [4.78, 5) is 33.6. The first kappa shape index (κ1) is 32.2. The van der Waals surface area contributed by atoms with Crippen LogP contribution in [0, 0.1) is 3.57 Å². The van der Waals surface area contributed by atoms with E-state index in [9.17, 15) is 9.59 Å². The summed E-state index contributed by atoms with van der Waals surface area (Å²) < 4.78 is 15.9. The van der Waals surface area contributed by atoms with Crippen molar-refractivity contribution in [3.8, 4) is 5.75 Å². The van der Waals surface area contributed by atoms with E-state index in [0.29, 0.717) is 33.0 Å². The zero-order chi connectivity index (χ0) is 33.2. The molecule has 9 heteroatoms. The molecule has 0 unspecified atom stereocenters. The van der Waals surface area contributed by atoms with Crippen LogP contribution < -0.4 is 19.6 Å². The van der Waals surface area contributed by atoms with Crippen LogP contribution >= 0.6 is 49.9 Å². The highest BCUT2D eigenvalue weighted by Gasteiger charge is 2.35. The molecule has 0 radical (unpaired) electrons. The molecule has 1 aliphatic heterocycles. The fraction of sp³-hybridized carbons (Fsp3) is 0.103. The van der Waals surface area contributed by atoms with Crippen molar-refractivity contribution in [3.63, 3.8) is 0 Å². The fourth-order valence-electron chi connectivity index (χ4n) is 5.94. The molecule has 1 aliphatic rings. The van der Waals surface area contributed by atoms with Gasteiger partial charge in [-0.25, -0.2) is 9.79 Å². The maximum absolute atomic E-state index is 14.4. The van der Waals surface area contributed by atoms with Crippen LogP contribution in [0.15, 0.2) is 135 Å². The van der Waals surface area contributed by atoms with E-state index < -0.39 is 12.0 Å². The third-order valence-corrected chi connectivity index (χ3v) is 10.3. The van der Waals surface area contributed by atoms with Crippen LogP contribution in [0.5, 0.6) is 5.75 Å². The minimum absolute atomic E-state index is 0.194. The lowest BCUT2D eigenvalue weighted by Gasteiger charge is -2.25. The second kappa shape index (κ2) is 14.0. The monoisotopic (exact) mass is 826 g/mol. The van der Waals surface area contributed by atoms with E-state index in [1.807, 2.05) is 97.1 Å². The maximum atomic E-state index is 14.4. The topological polar surface area (TPSA) is 69.9 Å². The zero-order valence-electron chi connectivity index (χ0n) is 25.7. The molecule has 0 amide bonds. The van der Waals surface area contributed by atoms with E-state index >= 15 is 0 Å². The lowest BCUT2D eigenvalue weighted by atomic mass is 9.93. The van der Waals surface area contributed by atoms with Gasteiger partial charge in [0.25, 0.3) is 5.56 Å². The van der Waals surface area contributed by atoms with E-state index in [-0.39, 0.29) is 12.2 Å². The lowest BCUT2D eigenvalue weighted by molar-refractivity contribution is -0.138. The molecule has 6 nitrogen and oxygen atoms in total. The first-order chi connectivity index (χ1) is 23.4. The fourth-order valence-corrected chi connectivity index (χ4v) is 8.64. The van der Waals surface area contributed by atoms with Crippen molar-refractivity contribution in [3.05, 3.63) is 171 Å². The molecule has 5 aromatic carbocycles. The van der Waals surface area contributed by atoms with E-state index in [1.165, 1.54) is 11.3 Å². The molecular weight excluding hydrogens is 799 g/mol. The van der Waals surface area contributed by atoms with Crippen molar-refractivity contribution >= 4 is 78.4 Å². The third-order valence-electron chi connectivity index (χ3n) is 8.06. The number of benzene rings is 5. The predicted octanol–water partition coefficient (Wildman–Crippen LogP) is 8.03. The first-order valence-electron chi connectivity index (χ1n) is 15.3. The quantitative estimate of drug-likeness (QED) is 0.115. The van der Waals surface area contributed by atoms with Gasteiger partial charge in [-0.05, 0) is 69.6 Å². The largest absolute Gasteiger partial charge is 0.487 e. The van der Waals surface area contributed by atoms with Crippen LogP contribution in [0.2, 0.25) is 0 Å². The Bertz CT molecular complexity index is 2380. The van der Waals surface area contributed by atoms with Crippen LogP contribution in [0.25, 0.3) is 22.5 Å². The van der Waals surface area contributed by atoms with E-state index in [2.05, 4.69) is 62.8 Å². The van der Waals surface area contributed by atoms with Crippen molar-refractivity contribution in [1.29, 1.82) is 0 Å². The lowest BCUT2D eigenvalue weighted by Crippen LogP contribution is -2.40. The Kier molecular flexibility index (Phi) is 9.43. The number of thiazole rings is 1. The molecule has 0 spiro atoms. The highest BCUT2D eigenvalue weighted by atomic mass is 127. The Hall–Kier alpha value is -4.32. The number of carbonyl (C=O) groups is 1. The van der Waals surface area contributed by atoms with Crippen molar-refractivity contribution < 1.29 is 14.3 Å². The number of hydrogen-bond donors (Lipinski definition) is 0. The molecule has 7 rings (SSSR count). The Morgan fingerprint density at radius 3 is 2.44 bits per heavy atom. The summed E-state index contributed by atoms with van der Waals surface area (Å²) in [7, 11) is 0. The molecule has 0 saturated heterocycles. The summed E-state index contributed by atoms with van der Waals surface area (Å²) in [6.45, 7) is 2.32. The molecular formula is C39H28BrIN2O4S. The minimum atomic E-state index is -0.733. The number of nitrogens with zero attached hydrogens (tertiary/aromatic N) is 2. The van der Waals surface area contributed by atoms with Crippen LogP contribution in [-0.4, -0.2) is 17.1 Å². The van der Waals surface area contributed by atoms with Gasteiger partial charge in [0.2, 0.25) is 0 Å². The average molecular weight is 828 g/mol. The summed E-state index contributed by atoms with van der Waals surface area (Å²) in [6.07, 6.45) is 1.85. The molecule has 0 N–H and O–H groups in total. The number of esters is 1. The molecule has 0 aliphatic carbocycles. The highest BCUT2D eigenvalue weighted by molar-refractivity contribution is 14.1. The number of halogens is 2. The Morgan fingerprint density at radius 1 is 0.958 bits per heavy atom. The van der Waals surface area contributed by atoms with Gasteiger partial charge >= 0.3 is 5.97 Å². The summed E-state index contributed by atoms with van der Waals surface area (Å²) in [5.74, 6) is 0.170.